The summed E-state index contributed by atoms with van der Waals surface area (Å²) in [6.07, 6.45) is 0.472. The summed E-state index contributed by atoms with van der Waals surface area (Å²) < 4.78 is 4.90. The van der Waals surface area contributed by atoms with Crippen LogP contribution in [0.2, 0.25) is 0 Å². The van der Waals surface area contributed by atoms with Crippen molar-refractivity contribution in [2.24, 2.45) is 0 Å². The average molecular weight is 223 g/mol. The van der Waals surface area contributed by atoms with Gasteiger partial charge in [-0.05, 0) is 12.1 Å². The summed E-state index contributed by atoms with van der Waals surface area (Å²) in [7, 11) is 1.44. The molecular weight excluding hydrogens is 210 g/mol. The van der Waals surface area contributed by atoms with Gasteiger partial charge in [0.1, 0.15) is 11.5 Å². The zero-order valence-corrected chi connectivity index (χ0v) is 9.23. The average Bonchev–Trinajstić information content (AvgIpc) is 2.29. The van der Waals surface area contributed by atoms with E-state index in [4.69, 9.17) is 4.74 Å². The van der Waals surface area contributed by atoms with Crippen LogP contribution < -0.4 is 4.74 Å². The predicted octanol–water partition coefficient (Wildman–Crippen LogP) is 2.12. The van der Waals surface area contributed by atoms with Crippen LogP contribution >= 0.6 is 0 Å². The number of nitrogens with zero attached hydrogens (tertiary/aromatic N) is 1. The van der Waals surface area contributed by atoms with Gasteiger partial charge in [0.05, 0.1) is 18.1 Å². The van der Waals surface area contributed by atoms with E-state index in [2.05, 4.69) is 0 Å². The molecule has 0 amide bonds. The van der Waals surface area contributed by atoms with Crippen LogP contribution in [0, 0.1) is 10.1 Å². The van der Waals surface area contributed by atoms with Gasteiger partial charge in [0.15, 0.2) is 0 Å². The Labute approximate surface area is 93.2 Å². The molecule has 86 valence electrons. The summed E-state index contributed by atoms with van der Waals surface area (Å²) in [5, 5.41) is 10.8. The van der Waals surface area contributed by atoms with Crippen LogP contribution in [0.4, 0.5) is 5.69 Å². The van der Waals surface area contributed by atoms with Crippen LogP contribution in [-0.2, 0) is 11.2 Å². The van der Waals surface area contributed by atoms with E-state index in [9.17, 15) is 14.9 Å². The van der Waals surface area contributed by atoms with Crippen molar-refractivity contribution in [3.8, 4) is 5.75 Å². The largest absolute Gasteiger partial charge is 0.497 e. The summed E-state index contributed by atoms with van der Waals surface area (Å²) in [6, 6.07) is 4.51. The van der Waals surface area contributed by atoms with Gasteiger partial charge in [0, 0.05) is 18.4 Å². The Hall–Kier alpha value is -1.91. The molecule has 0 atom stereocenters. The number of Topliss-reactive ketones (excluding diaryl/α,β-unsaturated/α-hetero) is 1. The molecule has 1 aromatic carbocycles. The minimum absolute atomic E-state index is 0.0201. The smallest absolute Gasteiger partial charge is 0.276 e. The number of rotatable bonds is 5. The topological polar surface area (TPSA) is 69.4 Å². The molecule has 0 unspecified atom stereocenters. The summed E-state index contributed by atoms with van der Waals surface area (Å²) in [5.41, 5.74) is 0.360. The summed E-state index contributed by atoms with van der Waals surface area (Å²) >= 11 is 0. The Bertz CT molecular complexity index is 414. The SMILES string of the molecule is CCC(=O)Cc1ccc(OC)cc1[N+](=O)[O-]. The fraction of sp³-hybridized carbons (Fsp3) is 0.364. The second-order valence-corrected chi connectivity index (χ2v) is 3.32. The number of ether oxygens (including phenoxy) is 1. The maximum Gasteiger partial charge on any atom is 0.276 e. The maximum atomic E-state index is 11.3. The van der Waals surface area contributed by atoms with Crippen molar-refractivity contribution in [3.63, 3.8) is 0 Å². The van der Waals surface area contributed by atoms with Crippen molar-refractivity contribution >= 4 is 11.5 Å². The highest BCUT2D eigenvalue weighted by molar-refractivity contribution is 5.81. The third-order valence-electron chi connectivity index (χ3n) is 2.27. The number of benzene rings is 1. The fourth-order valence-corrected chi connectivity index (χ4v) is 1.33. The first-order valence-electron chi connectivity index (χ1n) is 4.91. The van der Waals surface area contributed by atoms with Crippen molar-refractivity contribution in [2.75, 3.05) is 7.11 Å². The predicted molar refractivity (Wildman–Crippen MR) is 58.7 cm³/mol. The van der Waals surface area contributed by atoms with Gasteiger partial charge in [0.25, 0.3) is 5.69 Å². The number of carbonyl (C=O) groups is 1. The van der Waals surface area contributed by atoms with Gasteiger partial charge in [0.2, 0.25) is 0 Å². The van der Waals surface area contributed by atoms with Crippen molar-refractivity contribution < 1.29 is 14.5 Å². The van der Waals surface area contributed by atoms with Crippen LogP contribution in [0.5, 0.6) is 5.75 Å². The molecule has 0 aliphatic carbocycles. The maximum absolute atomic E-state index is 11.3. The minimum atomic E-state index is -0.499. The highest BCUT2D eigenvalue weighted by atomic mass is 16.6. The van der Waals surface area contributed by atoms with Crippen LogP contribution in [-0.4, -0.2) is 17.8 Å². The highest BCUT2D eigenvalue weighted by Crippen LogP contribution is 2.25. The molecule has 0 saturated heterocycles. The van der Waals surface area contributed by atoms with Gasteiger partial charge in [-0.15, -0.1) is 0 Å². The first kappa shape index (κ1) is 12.2. The van der Waals surface area contributed by atoms with E-state index in [1.54, 1.807) is 19.1 Å². The highest BCUT2D eigenvalue weighted by Gasteiger charge is 2.16. The molecule has 0 N–H and O–H groups in total. The lowest BCUT2D eigenvalue weighted by atomic mass is 10.1. The minimum Gasteiger partial charge on any atom is -0.497 e. The number of methoxy groups -OCH3 is 1. The van der Waals surface area contributed by atoms with Gasteiger partial charge in [-0.25, -0.2) is 0 Å². The first-order chi connectivity index (χ1) is 7.58. The lowest BCUT2D eigenvalue weighted by Crippen LogP contribution is -2.04. The number of hydrogen-bond donors (Lipinski definition) is 0. The van der Waals surface area contributed by atoms with E-state index in [-0.39, 0.29) is 17.9 Å². The number of ketones is 1. The summed E-state index contributed by atoms with van der Waals surface area (Å²) in [4.78, 5) is 21.6. The van der Waals surface area contributed by atoms with E-state index in [1.165, 1.54) is 13.2 Å². The molecule has 0 heterocycles. The quantitative estimate of drug-likeness (QED) is 0.566. The molecule has 1 aromatic rings. The molecule has 5 nitrogen and oxygen atoms in total. The van der Waals surface area contributed by atoms with Crippen molar-refractivity contribution in [3.05, 3.63) is 33.9 Å². The molecule has 0 spiro atoms. The lowest BCUT2D eigenvalue weighted by Gasteiger charge is -2.04. The molecular formula is C11H13NO4. The molecule has 0 aliphatic rings. The van der Waals surface area contributed by atoms with Gasteiger partial charge < -0.3 is 4.74 Å². The summed E-state index contributed by atoms with van der Waals surface area (Å²) in [6.45, 7) is 1.73. The monoisotopic (exact) mass is 223 g/mol. The normalized spacial score (nSPS) is 9.88. The Morgan fingerprint density at radius 3 is 2.69 bits per heavy atom. The molecule has 0 radical (unpaired) electrons. The van der Waals surface area contributed by atoms with E-state index in [0.29, 0.717) is 17.7 Å². The van der Waals surface area contributed by atoms with Crippen molar-refractivity contribution in [1.29, 1.82) is 0 Å². The van der Waals surface area contributed by atoms with Gasteiger partial charge >= 0.3 is 0 Å². The van der Waals surface area contributed by atoms with Crippen molar-refractivity contribution in [1.82, 2.24) is 0 Å². The van der Waals surface area contributed by atoms with E-state index >= 15 is 0 Å². The molecule has 0 aromatic heterocycles. The van der Waals surface area contributed by atoms with E-state index in [1.807, 2.05) is 0 Å². The Balaban J connectivity index is 3.08. The third-order valence-corrected chi connectivity index (χ3v) is 2.27. The molecule has 5 heteroatoms. The van der Waals surface area contributed by atoms with Gasteiger partial charge in [-0.1, -0.05) is 6.92 Å². The number of hydrogen-bond acceptors (Lipinski definition) is 4. The second-order valence-electron chi connectivity index (χ2n) is 3.32. The standard InChI is InChI=1S/C11H13NO4/c1-3-9(13)6-8-4-5-10(16-2)7-11(8)12(14)15/h4-5,7H,3,6H2,1-2H3. The Morgan fingerprint density at radius 2 is 2.19 bits per heavy atom. The number of nitro groups is 1. The first-order valence-corrected chi connectivity index (χ1v) is 4.91. The second kappa shape index (κ2) is 5.25. The fourth-order valence-electron chi connectivity index (χ4n) is 1.33. The third kappa shape index (κ3) is 2.79. The molecule has 0 fully saturated rings. The van der Waals surface area contributed by atoms with Crippen molar-refractivity contribution in [2.45, 2.75) is 19.8 Å². The summed E-state index contributed by atoms with van der Waals surface area (Å²) in [5.74, 6) is 0.396. The Morgan fingerprint density at radius 1 is 1.50 bits per heavy atom. The van der Waals surface area contributed by atoms with Crippen LogP contribution in [0.3, 0.4) is 0 Å². The molecule has 0 bridgehead atoms. The molecule has 0 saturated carbocycles. The zero-order chi connectivity index (χ0) is 12.1. The van der Waals surface area contributed by atoms with Crippen LogP contribution in [0.1, 0.15) is 18.9 Å². The molecule has 1 rings (SSSR count). The molecule has 0 aliphatic heterocycles. The van der Waals surface area contributed by atoms with E-state index in [0.717, 1.165) is 0 Å². The number of nitro benzene ring substituents is 1. The van der Waals surface area contributed by atoms with Gasteiger partial charge in [-0.2, -0.15) is 0 Å². The van der Waals surface area contributed by atoms with Crippen LogP contribution in [0.25, 0.3) is 0 Å². The molecule has 16 heavy (non-hydrogen) atoms. The zero-order valence-electron chi connectivity index (χ0n) is 9.23. The number of carbonyl (C=O) groups excluding carboxylic acids is 1. The van der Waals surface area contributed by atoms with Gasteiger partial charge in [-0.3, -0.25) is 14.9 Å². The Kier molecular flexibility index (Phi) is 3.99. The lowest BCUT2D eigenvalue weighted by molar-refractivity contribution is -0.385. The van der Waals surface area contributed by atoms with Crippen LogP contribution in [0.15, 0.2) is 18.2 Å². The van der Waals surface area contributed by atoms with E-state index < -0.39 is 4.92 Å².